The zero-order valence-corrected chi connectivity index (χ0v) is 26.8. The zero-order valence-electron chi connectivity index (χ0n) is 26.8. The van der Waals surface area contributed by atoms with Gasteiger partial charge in [0.1, 0.15) is 23.4 Å². The number of ether oxygens (including phenoxy) is 4. The fourth-order valence-electron chi connectivity index (χ4n) is 6.05. The van der Waals surface area contributed by atoms with E-state index in [1.807, 2.05) is 30.3 Å². The summed E-state index contributed by atoms with van der Waals surface area (Å²) < 4.78 is 23.3. The lowest BCUT2D eigenvalue weighted by atomic mass is 10.1. The molecule has 12 nitrogen and oxygen atoms in total. The highest BCUT2D eigenvalue weighted by atomic mass is 16.5. The van der Waals surface area contributed by atoms with E-state index < -0.39 is 12.1 Å². The van der Waals surface area contributed by atoms with Crippen molar-refractivity contribution in [3.05, 3.63) is 108 Å². The number of carbonyl (C=O) groups is 3. The van der Waals surface area contributed by atoms with Gasteiger partial charge in [-0.2, -0.15) is 0 Å². The fourth-order valence-corrected chi connectivity index (χ4v) is 6.05. The van der Waals surface area contributed by atoms with Crippen molar-refractivity contribution in [3.8, 4) is 34.3 Å². The summed E-state index contributed by atoms with van der Waals surface area (Å²) in [5, 5.41) is 6.65. The number of nitrogens with zero attached hydrogens (tertiary/aromatic N) is 3. The van der Waals surface area contributed by atoms with Crippen molar-refractivity contribution >= 4 is 28.6 Å². The number of nitrogens with one attached hydrogen (secondary N) is 2. The maximum absolute atomic E-state index is 14.1. The molecule has 248 valence electrons. The van der Waals surface area contributed by atoms with E-state index in [9.17, 15) is 14.4 Å². The number of rotatable bonds is 3. The number of carbonyl (C=O) groups excluding carboxylic acids is 3. The van der Waals surface area contributed by atoms with Crippen LogP contribution in [0.4, 0.5) is 0 Å². The second kappa shape index (κ2) is 13.5. The number of fused-ring (bicyclic) bond motifs is 8. The molecule has 0 saturated carbocycles. The minimum Gasteiger partial charge on any atom is -0.496 e. The highest BCUT2D eigenvalue weighted by molar-refractivity contribution is 6.06. The smallest absolute Gasteiger partial charge is 0.258 e. The lowest BCUT2D eigenvalue weighted by Gasteiger charge is -2.22. The minimum absolute atomic E-state index is 0.182. The Morgan fingerprint density at radius 2 is 1.73 bits per heavy atom. The predicted molar refractivity (Wildman–Crippen MR) is 180 cm³/mol. The molecule has 5 heterocycles. The molecule has 1 fully saturated rings. The van der Waals surface area contributed by atoms with Crippen LogP contribution in [0, 0.1) is 0 Å². The summed E-state index contributed by atoms with van der Waals surface area (Å²) in [5.41, 5.74) is 3.58. The molecule has 1 saturated heterocycles. The minimum atomic E-state index is -0.617. The summed E-state index contributed by atoms with van der Waals surface area (Å²) in [4.78, 5) is 51.0. The van der Waals surface area contributed by atoms with Gasteiger partial charge in [-0.15, -0.1) is 0 Å². The molecular weight excluding hydrogens is 626 g/mol. The van der Waals surface area contributed by atoms with Gasteiger partial charge in [-0.05, 0) is 42.0 Å². The maximum atomic E-state index is 14.1. The number of pyridine rings is 2. The van der Waals surface area contributed by atoms with Gasteiger partial charge in [0, 0.05) is 54.1 Å². The van der Waals surface area contributed by atoms with E-state index in [-0.39, 0.29) is 44.0 Å². The molecule has 49 heavy (non-hydrogen) atoms. The lowest BCUT2D eigenvalue weighted by Crippen LogP contribution is -2.45. The molecule has 3 amide bonds. The topological polar surface area (TPSA) is 141 Å². The summed E-state index contributed by atoms with van der Waals surface area (Å²) in [7, 11) is 3.04. The van der Waals surface area contributed by atoms with Crippen LogP contribution in [0.1, 0.15) is 26.3 Å². The molecule has 8 rings (SSSR count). The first-order chi connectivity index (χ1) is 23.9. The van der Waals surface area contributed by atoms with Gasteiger partial charge in [0.15, 0.2) is 6.61 Å². The van der Waals surface area contributed by atoms with E-state index >= 15 is 0 Å². The number of methoxy groups -OCH3 is 2. The van der Waals surface area contributed by atoms with E-state index in [2.05, 4.69) is 20.6 Å². The average Bonchev–Trinajstić information content (AvgIpc) is 3.53. The van der Waals surface area contributed by atoms with Crippen molar-refractivity contribution in [1.29, 1.82) is 0 Å². The van der Waals surface area contributed by atoms with Gasteiger partial charge in [-0.25, -0.2) is 4.98 Å². The molecule has 12 heteroatoms. The van der Waals surface area contributed by atoms with Gasteiger partial charge in [-0.3, -0.25) is 19.4 Å². The Morgan fingerprint density at radius 3 is 2.59 bits per heavy atom. The van der Waals surface area contributed by atoms with Crippen molar-refractivity contribution < 1.29 is 33.3 Å². The van der Waals surface area contributed by atoms with Gasteiger partial charge in [0.2, 0.25) is 5.88 Å². The van der Waals surface area contributed by atoms with Crippen LogP contribution in [-0.2, 0) is 11.3 Å². The van der Waals surface area contributed by atoms with Crippen LogP contribution in [0.25, 0.3) is 22.0 Å². The third-order valence-electron chi connectivity index (χ3n) is 8.56. The summed E-state index contributed by atoms with van der Waals surface area (Å²) in [6.45, 7) is 0.391. The number of hydrogen-bond acceptors (Lipinski definition) is 9. The average molecular weight is 660 g/mol. The first-order valence-corrected chi connectivity index (χ1v) is 15.7. The lowest BCUT2D eigenvalue weighted by molar-refractivity contribution is -0.123. The molecule has 6 bridgehead atoms. The predicted octanol–water partition coefficient (Wildman–Crippen LogP) is 4.02. The summed E-state index contributed by atoms with van der Waals surface area (Å²) in [6, 6.07) is 22.7. The number of aromatic nitrogens is 2. The van der Waals surface area contributed by atoms with Crippen molar-refractivity contribution in [1.82, 2.24) is 25.5 Å². The van der Waals surface area contributed by atoms with E-state index in [0.29, 0.717) is 50.7 Å². The molecule has 2 aromatic heterocycles. The summed E-state index contributed by atoms with van der Waals surface area (Å²) in [5.74, 6) is 0.871. The molecule has 5 aromatic rings. The van der Waals surface area contributed by atoms with Crippen LogP contribution in [0.15, 0.2) is 91.3 Å². The van der Waals surface area contributed by atoms with Gasteiger partial charge in [0.25, 0.3) is 17.7 Å². The second-order valence-corrected chi connectivity index (χ2v) is 11.7. The summed E-state index contributed by atoms with van der Waals surface area (Å²) in [6.07, 6.45) is 2.52. The fraction of sp³-hybridized carbons (Fsp3) is 0.216. The van der Waals surface area contributed by atoms with E-state index in [4.69, 9.17) is 18.9 Å². The van der Waals surface area contributed by atoms with Crippen LogP contribution in [0.2, 0.25) is 0 Å². The molecule has 0 aliphatic carbocycles. The standard InChI is InChI=1S/C37H33N5O7/c1-46-32-14-27-11-10-23(32)18-39-34(43)21-48-26-7-5-6-22(13-26)24-12-25(17-38-16-24)36(44)41-31-19-42(20-33(31)49-27)37(45)29-15-35(47-2)40-30-9-4-3-8-28(29)30/h3-17,31,33H,18-21H2,1-2H3,(H,39,43)(H,41,44)/t31-,33-/m0/s1. The Kier molecular flexibility index (Phi) is 8.67. The monoisotopic (exact) mass is 659 g/mol. The molecule has 2 N–H and O–H groups in total. The van der Waals surface area contributed by atoms with Crippen LogP contribution in [-0.4, -0.2) is 78.7 Å². The van der Waals surface area contributed by atoms with Gasteiger partial charge < -0.3 is 34.5 Å². The molecule has 0 spiro atoms. The Morgan fingerprint density at radius 1 is 0.878 bits per heavy atom. The van der Waals surface area contributed by atoms with E-state index in [0.717, 1.165) is 11.1 Å². The number of amides is 3. The zero-order chi connectivity index (χ0) is 33.9. The molecule has 2 atom stereocenters. The number of benzene rings is 3. The highest BCUT2D eigenvalue weighted by Crippen LogP contribution is 2.30. The first-order valence-electron chi connectivity index (χ1n) is 15.7. The molecule has 3 aromatic carbocycles. The molecule has 3 aliphatic heterocycles. The largest absolute Gasteiger partial charge is 0.496 e. The summed E-state index contributed by atoms with van der Waals surface area (Å²) >= 11 is 0. The number of hydrogen-bond donors (Lipinski definition) is 2. The Labute approximate surface area is 282 Å². The molecular formula is C37H33N5O7. The van der Waals surface area contributed by atoms with Crippen LogP contribution in [0.5, 0.6) is 23.1 Å². The van der Waals surface area contributed by atoms with E-state index in [1.165, 1.54) is 20.4 Å². The normalized spacial score (nSPS) is 17.6. The second-order valence-electron chi connectivity index (χ2n) is 11.7. The SMILES string of the molecule is COc1cc(C(=O)N2C[C@@H]3NC(=O)c4cncc(c4)-c4cccc(c4)OCC(=O)NCc4ccc(cc4OC)O[C@H]3C2)c2ccccc2n1. The molecule has 0 unspecified atom stereocenters. The Bertz CT molecular complexity index is 2070. The third-order valence-corrected chi connectivity index (χ3v) is 8.56. The highest BCUT2D eigenvalue weighted by Gasteiger charge is 2.39. The van der Waals surface area contributed by atoms with Crippen LogP contribution in [0.3, 0.4) is 0 Å². The van der Waals surface area contributed by atoms with E-state index in [1.54, 1.807) is 59.6 Å². The van der Waals surface area contributed by atoms with Gasteiger partial charge >= 0.3 is 0 Å². The quantitative estimate of drug-likeness (QED) is 0.294. The van der Waals surface area contributed by atoms with Crippen molar-refractivity contribution in [2.45, 2.75) is 18.7 Å². The Balaban J connectivity index is 1.24. The first kappa shape index (κ1) is 31.4. The van der Waals surface area contributed by atoms with Crippen LogP contribution >= 0.6 is 0 Å². The van der Waals surface area contributed by atoms with Crippen molar-refractivity contribution in [2.75, 3.05) is 33.9 Å². The third kappa shape index (κ3) is 6.66. The maximum Gasteiger partial charge on any atom is 0.258 e. The molecule has 0 radical (unpaired) electrons. The van der Waals surface area contributed by atoms with Crippen LogP contribution < -0.4 is 29.6 Å². The van der Waals surface area contributed by atoms with Crippen molar-refractivity contribution in [2.24, 2.45) is 0 Å². The van der Waals surface area contributed by atoms with Gasteiger partial charge in [0.05, 0.1) is 43.4 Å². The number of likely N-dealkylation sites (tertiary alicyclic amines) is 1. The molecule has 3 aliphatic rings. The number of para-hydroxylation sites is 1. The van der Waals surface area contributed by atoms with Crippen molar-refractivity contribution in [3.63, 3.8) is 0 Å². The Hall–Kier alpha value is -6.17. The van der Waals surface area contributed by atoms with Gasteiger partial charge in [-0.1, -0.05) is 30.3 Å².